The van der Waals surface area contributed by atoms with Crippen molar-refractivity contribution in [1.82, 2.24) is 5.32 Å². The van der Waals surface area contributed by atoms with Crippen molar-refractivity contribution in [3.63, 3.8) is 0 Å². The summed E-state index contributed by atoms with van der Waals surface area (Å²) in [5.41, 5.74) is 0.440. The molecular weight excluding hydrogens is 286 g/mol. The van der Waals surface area contributed by atoms with Gasteiger partial charge in [0.05, 0.1) is 5.56 Å². The van der Waals surface area contributed by atoms with E-state index >= 15 is 0 Å². The van der Waals surface area contributed by atoms with Crippen LogP contribution in [-0.2, 0) is 4.79 Å². The number of nitrogens with one attached hydrogen (secondary N) is 1. The Morgan fingerprint density at radius 1 is 1.41 bits per heavy atom. The first-order valence-electron chi connectivity index (χ1n) is 5.34. The number of halogens is 1. The van der Waals surface area contributed by atoms with E-state index in [-0.39, 0.29) is 5.91 Å². The molecule has 0 heterocycles. The third-order valence-electron chi connectivity index (χ3n) is 2.30. The fourth-order valence-electron chi connectivity index (χ4n) is 1.43. The summed E-state index contributed by atoms with van der Waals surface area (Å²) >= 11 is 3.25. The predicted octanol–water partition coefficient (Wildman–Crippen LogP) is 2.43. The molecule has 0 saturated heterocycles. The van der Waals surface area contributed by atoms with Gasteiger partial charge in [0.1, 0.15) is 6.04 Å². The van der Waals surface area contributed by atoms with Gasteiger partial charge in [0.15, 0.2) is 0 Å². The van der Waals surface area contributed by atoms with Gasteiger partial charge < -0.3 is 10.4 Å². The summed E-state index contributed by atoms with van der Waals surface area (Å²) in [6.07, 6.45) is 1.12. The summed E-state index contributed by atoms with van der Waals surface area (Å²) in [4.78, 5) is 22.8. The van der Waals surface area contributed by atoms with E-state index in [1.165, 1.54) is 0 Å². The van der Waals surface area contributed by atoms with Crippen LogP contribution in [0.15, 0.2) is 28.7 Å². The van der Waals surface area contributed by atoms with Crippen LogP contribution in [0.5, 0.6) is 0 Å². The van der Waals surface area contributed by atoms with Crippen LogP contribution in [0.3, 0.4) is 0 Å². The highest BCUT2D eigenvalue weighted by atomic mass is 79.9. The molecule has 0 aliphatic carbocycles. The number of carbonyl (C=O) groups is 2. The smallest absolute Gasteiger partial charge is 0.326 e. The van der Waals surface area contributed by atoms with Gasteiger partial charge in [-0.1, -0.05) is 25.5 Å². The number of carboxylic acids is 1. The molecule has 0 fully saturated rings. The number of rotatable bonds is 5. The molecule has 2 N–H and O–H groups in total. The van der Waals surface area contributed by atoms with Crippen molar-refractivity contribution < 1.29 is 14.7 Å². The molecule has 1 amide bonds. The molecule has 1 atom stereocenters. The van der Waals surface area contributed by atoms with E-state index in [1.54, 1.807) is 24.3 Å². The van der Waals surface area contributed by atoms with Crippen LogP contribution in [-0.4, -0.2) is 23.0 Å². The minimum Gasteiger partial charge on any atom is -0.480 e. The quantitative estimate of drug-likeness (QED) is 0.877. The van der Waals surface area contributed by atoms with Crippen molar-refractivity contribution in [2.45, 2.75) is 25.8 Å². The molecule has 4 nitrogen and oxygen atoms in total. The lowest BCUT2D eigenvalue weighted by Gasteiger charge is -2.14. The van der Waals surface area contributed by atoms with Gasteiger partial charge in [0.25, 0.3) is 5.91 Å². The highest BCUT2D eigenvalue weighted by Crippen LogP contribution is 2.15. The normalized spacial score (nSPS) is 11.9. The van der Waals surface area contributed by atoms with E-state index < -0.39 is 12.0 Å². The monoisotopic (exact) mass is 299 g/mol. The van der Waals surface area contributed by atoms with Crippen LogP contribution >= 0.6 is 15.9 Å². The van der Waals surface area contributed by atoms with Crippen molar-refractivity contribution in [2.75, 3.05) is 0 Å². The molecule has 1 aromatic rings. The Balaban J connectivity index is 2.77. The second-order valence-corrected chi connectivity index (χ2v) is 4.49. The Labute approximate surface area is 108 Å². The molecule has 5 heteroatoms. The topological polar surface area (TPSA) is 66.4 Å². The largest absolute Gasteiger partial charge is 0.480 e. The SMILES string of the molecule is CCC[C@H](NC(=O)c1ccccc1Br)C(=O)O. The number of carboxylic acid groups (broad SMARTS) is 1. The summed E-state index contributed by atoms with van der Waals surface area (Å²) in [6, 6.07) is 6.07. The first kappa shape index (κ1) is 13.7. The predicted molar refractivity (Wildman–Crippen MR) is 67.9 cm³/mol. The van der Waals surface area contributed by atoms with Gasteiger partial charge >= 0.3 is 5.97 Å². The van der Waals surface area contributed by atoms with Gasteiger partial charge in [0, 0.05) is 4.47 Å². The molecule has 0 spiro atoms. The molecule has 0 bridgehead atoms. The summed E-state index contributed by atoms with van der Waals surface area (Å²) < 4.78 is 0.651. The summed E-state index contributed by atoms with van der Waals surface area (Å²) in [6.45, 7) is 1.88. The highest BCUT2D eigenvalue weighted by Gasteiger charge is 2.20. The van der Waals surface area contributed by atoms with E-state index in [9.17, 15) is 9.59 Å². The Morgan fingerprint density at radius 2 is 2.06 bits per heavy atom. The lowest BCUT2D eigenvalue weighted by molar-refractivity contribution is -0.139. The van der Waals surface area contributed by atoms with Crippen molar-refractivity contribution in [3.05, 3.63) is 34.3 Å². The van der Waals surface area contributed by atoms with Crippen molar-refractivity contribution >= 4 is 27.8 Å². The first-order valence-corrected chi connectivity index (χ1v) is 6.13. The number of amides is 1. The second-order valence-electron chi connectivity index (χ2n) is 3.63. The Hall–Kier alpha value is -1.36. The van der Waals surface area contributed by atoms with Gasteiger partial charge in [-0.05, 0) is 34.5 Å². The van der Waals surface area contributed by atoms with Crippen molar-refractivity contribution in [2.24, 2.45) is 0 Å². The second kappa shape index (κ2) is 6.39. The zero-order chi connectivity index (χ0) is 12.8. The van der Waals surface area contributed by atoms with Crippen LogP contribution in [0.4, 0.5) is 0 Å². The number of hydrogen-bond acceptors (Lipinski definition) is 2. The van der Waals surface area contributed by atoms with Gasteiger partial charge in [-0.15, -0.1) is 0 Å². The van der Waals surface area contributed by atoms with E-state index in [0.29, 0.717) is 22.9 Å². The van der Waals surface area contributed by atoms with Gasteiger partial charge in [-0.3, -0.25) is 4.79 Å². The molecule has 1 rings (SSSR count). The fourth-order valence-corrected chi connectivity index (χ4v) is 1.89. The number of aliphatic carboxylic acids is 1. The fraction of sp³-hybridized carbons (Fsp3) is 0.333. The van der Waals surface area contributed by atoms with Crippen LogP contribution in [0.1, 0.15) is 30.1 Å². The third-order valence-corrected chi connectivity index (χ3v) is 2.99. The van der Waals surface area contributed by atoms with Crippen LogP contribution in [0.2, 0.25) is 0 Å². The molecular formula is C12H14BrNO3. The Kier molecular flexibility index (Phi) is 5.15. The average molecular weight is 300 g/mol. The molecule has 0 unspecified atom stereocenters. The summed E-state index contributed by atoms with van der Waals surface area (Å²) in [5.74, 6) is -1.38. The van der Waals surface area contributed by atoms with Crippen LogP contribution in [0, 0.1) is 0 Å². The van der Waals surface area contributed by atoms with E-state index in [0.717, 1.165) is 0 Å². The molecule has 0 aliphatic heterocycles. The summed E-state index contributed by atoms with van der Waals surface area (Å²) in [5, 5.41) is 11.4. The molecule has 1 aromatic carbocycles. The number of carbonyl (C=O) groups excluding carboxylic acids is 1. The third kappa shape index (κ3) is 3.85. The molecule has 92 valence electrons. The Bertz CT molecular complexity index is 420. The van der Waals surface area contributed by atoms with E-state index in [2.05, 4.69) is 21.2 Å². The molecule has 0 saturated carbocycles. The molecule has 0 radical (unpaired) electrons. The zero-order valence-corrected chi connectivity index (χ0v) is 11.0. The maximum absolute atomic E-state index is 11.9. The van der Waals surface area contributed by atoms with Gasteiger partial charge in [0.2, 0.25) is 0 Å². The molecule has 17 heavy (non-hydrogen) atoms. The van der Waals surface area contributed by atoms with E-state index in [1.807, 2.05) is 6.92 Å². The lowest BCUT2D eigenvalue weighted by atomic mass is 10.1. The maximum Gasteiger partial charge on any atom is 0.326 e. The lowest BCUT2D eigenvalue weighted by Crippen LogP contribution is -2.40. The minimum absolute atomic E-state index is 0.377. The molecule has 0 aliphatic rings. The van der Waals surface area contributed by atoms with Crippen molar-refractivity contribution in [1.29, 1.82) is 0 Å². The summed E-state index contributed by atoms with van der Waals surface area (Å²) in [7, 11) is 0. The average Bonchev–Trinajstić information content (AvgIpc) is 2.28. The van der Waals surface area contributed by atoms with Crippen molar-refractivity contribution in [3.8, 4) is 0 Å². The number of benzene rings is 1. The van der Waals surface area contributed by atoms with Crippen LogP contribution in [0.25, 0.3) is 0 Å². The van der Waals surface area contributed by atoms with E-state index in [4.69, 9.17) is 5.11 Å². The molecule has 0 aromatic heterocycles. The standard InChI is InChI=1S/C12H14BrNO3/c1-2-5-10(12(16)17)14-11(15)8-6-3-4-7-9(8)13/h3-4,6-7,10H,2,5H2,1H3,(H,14,15)(H,16,17)/t10-/m0/s1. The Morgan fingerprint density at radius 3 is 2.59 bits per heavy atom. The van der Waals surface area contributed by atoms with Gasteiger partial charge in [-0.2, -0.15) is 0 Å². The number of hydrogen-bond donors (Lipinski definition) is 2. The minimum atomic E-state index is -1.01. The zero-order valence-electron chi connectivity index (χ0n) is 9.44. The van der Waals surface area contributed by atoms with Gasteiger partial charge in [-0.25, -0.2) is 4.79 Å². The maximum atomic E-state index is 11.9. The van der Waals surface area contributed by atoms with Crippen LogP contribution < -0.4 is 5.32 Å². The highest BCUT2D eigenvalue weighted by molar-refractivity contribution is 9.10. The first-order chi connectivity index (χ1) is 8.06.